The molecule has 9 heteroatoms. The smallest absolute Gasteiger partial charge is 0.304 e. The van der Waals surface area contributed by atoms with Gasteiger partial charge in [0.05, 0.1) is 25.2 Å². The minimum absolute atomic E-state index is 0.180. The second-order valence-electron chi connectivity index (χ2n) is 10.0. The Bertz CT molecular complexity index is 951. The van der Waals surface area contributed by atoms with Gasteiger partial charge in [0.2, 0.25) is 6.29 Å². The van der Waals surface area contributed by atoms with E-state index in [9.17, 15) is 19.5 Å². The van der Waals surface area contributed by atoms with E-state index in [0.29, 0.717) is 25.9 Å². The molecule has 8 atom stereocenters. The second kappa shape index (κ2) is 7.65. The summed E-state index contributed by atoms with van der Waals surface area (Å²) in [6, 6.07) is 1.79. The molecule has 1 aromatic rings. The SMILES string of the molecule is CC(=O)OC[C@]12C(=O)[C@@H](O)[C@H](C)[C@@]3(C[C@H](c4ccoc4)O[C@@H]3OC(C)=O)[C@H]1CCC[C@]21CO1. The van der Waals surface area contributed by atoms with Crippen LogP contribution in [0.5, 0.6) is 0 Å². The molecule has 33 heavy (non-hydrogen) atoms. The highest BCUT2D eigenvalue weighted by atomic mass is 16.7. The van der Waals surface area contributed by atoms with Gasteiger partial charge < -0.3 is 28.5 Å². The molecule has 0 bridgehead atoms. The predicted octanol–water partition coefficient (Wildman–Crippen LogP) is 2.31. The maximum Gasteiger partial charge on any atom is 0.304 e. The molecule has 2 saturated carbocycles. The van der Waals surface area contributed by atoms with Gasteiger partial charge in [-0.2, -0.15) is 0 Å². The van der Waals surface area contributed by atoms with Gasteiger partial charge in [-0.25, -0.2) is 0 Å². The number of hydrogen-bond donors (Lipinski definition) is 1. The van der Waals surface area contributed by atoms with Gasteiger partial charge in [0.25, 0.3) is 0 Å². The fraction of sp³-hybridized carbons (Fsp3) is 0.708. The number of esters is 2. The van der Waals surface area contributed by atoms with Crippen molar-refractivity contribution < 1.29 is 42.9 Å². The van der Waals surface area contributed by atoms with Gasteiger partial charge in [-0.15, -0.1) is 0 Å². The van der Waals surface area contributed by atoms with Crippen molar-refractivity contribution in [2.45, 2.75) is 70.6 Å². The summed E-state index contributed by atoms with van der Waals surface area (Å²) < 4.78 is 28.7. The maximum absolute atomic E-state index is 13.9. The number of epoxide rings is 1. The van der Waals surface area contributed by atoms with Gasteiger partial charge in [-0.05, 0) is 31.2 Å². The van der Waals surface area contributed by atoms with E-state index in [2.05, 4.69) is 0 Å². The molecular weight excluding hydrogens is 432 g/mol. The molecule has 2 spiro atoms. The van der Waals surface area contributed by atoms with Gasteiger partial charge in [0, 0.05) is 30.7 Å². The molecule has 0 amide bonds. The van der Waals surface area contributed by atoms with Crippen LogP contribution in [0.1, 0.15) is 58.1 Å². The Kier molecular flexibility index (Phi) is 5.23. The van der Waals surface area contributed by atoms with Crippen LogP contribution in [-0.4, -0.2) is 54.0 Å². The van der Waals surface area contributed by atoms with Gasteiger partial charge in [-0.1, -0.05) is 13.3 Å². The Morgan fingerprint density at radius 3 is 2.64 bits per heavy atom. The largest absolute Gasteiger partial charge is 0.472 e. The highest BCUT2D eigenvalue weighted by molar-refractivity contribution is 5.93. The van der Waals surface area contributed by atoms with Gasteiger partial charge in [-0.3, -0.25) is 14.4 Å². The topological polar surface area (TPSA) is 125 Å². The number of hydrogen-bond acceptors (Lipinski definition) is 9. The maximum atomic E-state index is 13.9. The quantitative estimate of drug-likeness (QED) is 0.530. The van der Waals surface area contributed by atoms with Crippen molar-refractivity contribution in [3.8, 4) is 0 Å². The minimum atomic E-state index is -1.35. The van der Waals surface area contributed by atoms with Crippen molar-refractivity contribution in [3.05, 3.63) is 24.2 Å². The third-order valence-corrected chi connectivity index (χ3v) is 8.61. The van der Waals surface area contributed by atoms with Gasteiger partial charge in [0.1, 0.15) is 23.7 Å². The number of furan rings is 1. The normalized spacial score (nSPS) is 44.0. The molecule has 1 N–H and O–H groups in total. The number of aliphatic hydroxyl groups is 1. The summed E-state index contributed by atoms with van der Waals surface area (Å²) in [5.41, 5.74) is -2.14. The zero-order chi connectivity index (χ0) is 23.6. The highest BCUT2D eigenvalue weighted by Crippen LogP contribution is 2.71. The Balaban J connectivity index is 1.66. The molecule has 0 aromatic carbocycles. The molecule has 0 radical (unpaired) electrons. The van der Waals surface area contributed by atoms with Crippen LogP contribution < -0.4 is 0 Å². The molecule has 5 rings (SSSR count). The van der Waals surface area contributed by atoms with Gasteiger partial charge >= 0.3 is 11.9 Å². The van der Waals surface area contributed by atoms with E-state index in [4.69, 9.17) is 23.4 Å². The molecule has 9 nitrogen and oxygen atoms in total. The molecule has 3 heterocycles. The molecular formula is C24H30O9. The van der Waals surface area contributed by atoms with E-state index >= 15 is 0 Å². The monoisotopic (exact) mass is 462 g/mol. The average Bonchev–Trinajstić information content (AvgIpc) is 3.19. The van der Waals surface area contributed by atoms with Crippen LogP contribution in [-0.2, 0) is 33.3 Å². The number of carbonyl (C=O) groups is 3. The molecule has 2 aliphatic heterocycles. The summed E-state index contributed by atoms with van der Waals surface area (Å²) in [4.78, 5) is 37.8. The van der Waals surface area contributed by atoms with Crippen molar-refractivity contribution >= 4 is 17.7 Å². The first-order valence-corrected chi connectivity index (χ1v) is 11.5. The lowest BCUT2D eigenvalue weighted by atomic mass is 9.42. The van der Waals surface area contributed by atoms with Crippen LogP contribution in [0, 0.1) is 22.7 Å². The Hall–Kier alpha value is -2.23. The Labute approximate surface area is 191 Å². The lowest BCUT2D eigenvalue weighted by molar-refractivity contribution is -0.247. The zero-order valence-corrected chi connectivity index (χ0v) is 19.1. The van der Waals surface area contributed by atoms with Crippen LogP contribution in [0.4, 0.5) is 0 Å². The lowest BCUT2D eigenvalue weighted by Gasteiger charge is -2.60. The van der Waals surface area contributed by atoms with Crippen molar-refractivity contribution in [2.75, 3.05) is 13.2 Å². The first kappa shape index (κ1) is 22.6. The summed E-state index contributed by atoms with van der Waals surface area (Å²) in [5.74, 6) is -2.32. The Morgan fingerprint density at radius 2 is 2.03 bits per heavy atom. The van der Waals surface area contributed by atoms with Crippen LogP contribution in [0.15, 0.2) is 23.0 Å². The fourth-order valence-corrected chi connectivity index (χ4v) is 7.00. The minimum Gasteiger partial charge on any atom is -0.472 e. The molecule has 0 unspecified atom stereocenters. The summed E-state index contributed by atoms with van der Waals surface area (Å²) in [5, 5.41) is 11.3. The number of rotatable bonds is 4. The molecule has 4 aliphatic rings. The summed E-state index contributed by atoms with van der Waals surface area (Å²) in [6.45, 7) is 4.60. The number of carbonyl (C=O) groups excluding carboxylic acids is 3. The van der Waals surface area contributed by atoms with Crippen LogP contribution in [0.25, 0.3) is 0 Å². The van der Waals surface area contributed by atoms with Crippen LogP contribution >= 0.6 is 0 Å². The lowest BCUT2D eigenvalue weighted by Crippen LogP contribution is -2.71. The number of Topliss-reactive ketones (excluding diaryl/α,β-unsaturated/α-hetero) is 1. The molecule has 4 fully saturated rings. The van der Waals surface area contributed by atoms with Gasteiger partial charge in [0.15, 0.2) is 5.78 Å². The highest BCUT2D eigenvalue weighted by Gasteiger charge is 2.79. The van der Waals surface area contributed by atoms with Crippen molar-refractivity contribution in [1.82, 2.24) is 0 Å². The first-order chi connectivity index (χ1) is 15.7. The zero-order valence-electron chi connectivity index (χ0n) is 19.1. The number of ketones is 1. The summed E-state index contributed by atoms with van der Waals surface area (Å²) in [6.07, 6.45) is 2.84. The number of ether oxygens (including phenoxy) is 4. The first-order valence-electron chi connectivity index (χ1n) is 11.5. The van der Waals surface area contributed by atoms with E-state index < -0.39 is 52.8 Å². The van der Waals surface area contributed by atoms with Crippen molar-refractivity contribution in [2.24, 2.45) is 22.7 Å². The number of fused-ring (bicyclic) bond motifs is 3. The van der Waals surface area contributed by atoms with E-state index in [1.165, 1.54) is 13.8 Å². The van der Waals surface area contributed by atoms with Crippen LogP contribution in [0.2, 0.25) is 0 Å². The third kappa shape index (κ3) is 3.05. The fourth-order valence-electron chi connectivity index (χ4n) is 7.00. The van der Waals surface area contributed by atoms with E-state index in [-0.39, 0.29) is 18.3 Å². The second-order valence-corrected chi connectivity index (χ2v) is 10.0. The number of aliphatic hydroxyl groups excluding tert-OH is 1. The predicted molar refractivity (Wildman–Crippen MR) is 110 cm³/mol. The van der Waals surface area contributed by atoms with Crippen molar-refractivity contribution in [3.63, 3.8) is 0 Å². The molecule has 2 saturated heterocycles. The third-order valence-electron chi connectivity index (χ3n) is 8.61. The molecule has 1 aromatic heterocycles. The summed E-state index contributed by atoms with van der Waals surface area (Å²) in [7, 11) is 0. The van der Waals surface area contributed by atoms with E-state index in [1.54, 1.807) is 18.6 Å². The Morgan fingerprint density at radius 1 is 1.27 bits per heavy atom. The summed E-state index contributed by atoms with van der Waals surface area (Å²) >= 11 is 0. The van der Waals surface area contributed by atoms with Crippen molar-refractivity contribution in [1.29, 1.82) is 0 Å². The van der Waals surface area contributed by atoms with E-state index in [0.717, 1.165) is 12.0 Å². The average molecular weight is 462 g/mol. The molecule has 180 valence electrons. The standard InChI is InChI=1S/C24H30O9/c1-13-19(27)20(28)24(12-30-14(2)25)18(5-4-7-22(24)11-31-22)23(13)9-17(16-6-8-29-10-16)33-21(23)32-15(3)26/h6,8,10,13,17-19,21,27H,4-5,7,9,11-12H2,1-3H3/t13-,17+,18+,19-,21-,22-,23-,24+/m0/s1. The molecule has 2 aliphatic carbocycles. The van der Waals surface area contributed by atoms with E-state index in [1.807, 2.05) is 6.92 Å². The van der Waals surface area contributed by atoms with Crippen LogP contribution in [0.3, 0.4) is 0 Å².